The van der Waals surface area contributed by atoms with Crippen molar-refractivity contribution < 1.29 is 24.2 Å². The Bertz CT molecular complexity index is 1020. The number of likely N-dealkylation sites (tertiary alicyclic amines) is 1. The van der Waals surface area contributed by atoms with Crippen LogP contribution in [0.3, 0.4) is 0 Å². The molecule has 0 spiro atoms. The smallest absolute Gasteiger partial charge is 0.407 e. The van der Waals surface area contributed by atoms with Gasteiger partial charge in [-0.05, 0) is 47.9 Å². The van der Waals surface area contributed by atoms with Crippen molar-refractivity contribution in [3.8, 4) is 11.1 Å². The molecule has 2 aromatic carbocycles. The van der Waals surface area contributed by atoms with Gasteiger partial charge in [-0.25, -0.2) is 4.79 Å². The van der Waals surface area contributed by atoms with Crippen LogP contribution in [-0.2, 0) is 14.3 Å². The summed E-state index contributed by atoms with van der Waals surface area (Å²) in [7, 11) is 0. The Morgan fingerprint density at radius 1 is 1.06 bits per heavy atom. The molecule has 1 aliphatic heterocycles. The van der Waals surface area contributed by atoms with Crippen LogP contribution in [0.25, 0.3) is 11.1 Å². The van der Waals surface area contributed by atoms with E-state index in [0.717, 1.165) is 30.4 Å². The van der Waals surface area contributed by atoms with Gasteiger partial charge in [0.25, 0.3) is 0 Å². The normalized spacial score (nSPS) is 17.9. The maximum Gasteiger partial charge on any atom is 0.407 e. The maximum atomic E-state index is 13.0. The molecule has 2 aromatic rings. The number of benzene rings is 2. The standard InChI is InChI=1S/C28H34N2O5/c1-2-9-19(16-26(31)30-15-8-7-10-20(30)17-27(32)33)29-28(34)35-18-25-23-13-5-3-11-21(23)22-12-4-6-14-24(22)25/h3-6,11-14,19-20,25H,2,7-10,15-18H2,1H3,(H,29,34)(H,32,33)/t19-,20-/m0/s1. The molecule has 35 heavy (non-hydrogen) atoms. The van der Waals surface area contributed by atoms with Crippen molar-refractivity contribution in [3.63, 3.8) is 0 Å². The first-order chi connectivity index (χ1) is 17.0. The van der Waals surface area contributed by atoms with Gasteiger partial charge in [0.15, 0.2) is 0 Å². The van der Waals surface area contributed by atoms with E-state index >= 15 is 0 Å². The molecule has 2 N–H and O–H groups in total. The molecule has 2 aliphatic rings. The summed E-state index contributed by atoms with van der Waals surface area (Å²) in [6, 6.07) is 15.7. The quantitative estimate of drug-likeness (QED) is 0.532. The second-order valence-electron chi connectivity index (χ2n) is 9.49. The van der Waals surface area contributed by atoms with E-state index in [4.69, 9.17) is 4.74 Å². The first kappa shape index (κ1) is 24.8. The third-order valence-electron chi connectivity index (χ3n) is 7.08. The zero-order valence-electron chi connectivity index (χ0n) is 20.2. The number of alkyl carbamates (subject to hydrolysis) is 1. The van der Waals surface area contributed by atoms with Gasteiger partial charge in [-0.15, -0.1) is 0 Å². The Morgan fingerprint density at radius 3 is 2.34 bits per heavy atom. The predicted molar refractivity (Wildman–Crippen MR) is 133 cm³/mol. The van der Waals surface area contributed by atoms with Crippen LogP contribution in [0, 0.1) is 0 Å². The Morgan fingerprint density at radius 2 is 1.71 bits per heavy atom. The minimum absolute atomic E-state index is 0.0236. The summed E-state index contributed by atoms with van der Waals surface area (Å²) in [5.41, 5.74) is 4.64. The highest BCUT2D eigenvalue weighted by Crippen LogP contribution is 2.44. The van der Waals surface area contributed by atoms with Crippen molar-refractivity contribution in [2.24, 2.45) is 0 Å². The average Bonchev–Trinajstić information content (AvgIpc) is 3.16. The van der Waals surface area contributed by atoms with Crippen LogP contribution in [0.15, 0.2) is 48.5 Å². The Kier molecular flexibility index (Phi) is 8.06. The van der Waals surface area contributed by atoms with Crippen molar-refractivity contribution in [2.75, 3.05) is 13.2 Å². The number of rotatable bonds is 9. The summed E-state index contributed by atoms with van der Waals surface area (Å²) in [6.45, 7) is 2.80. The lowest BCUT2D eigenvalue weighted by Gasteiger charge is -2.36. The van der Waals surface area contributed by atoms with E-state index in [2.05, 4.69) is 29.6 Å². The number of hydrogen-bond donors (Lipinski definition) is 2. The van der Waals surface area contributed by atoms with E-state index in [1.54, 1.807) is 4.90 Å². The lowest BCUT2D eigenvalue weighted by molar-refractivity contribution is -0.142. The molecule has 4 rings (SSSR count). The molecule has 0 radical (unpaired) electrons. The molecule has 186 valence electrons. The fourth-order valence-electron chi connectivity index (χ4n) is 5.45. The molecule has 0 aromatic heterocycles. The SMILES string of the molecule is CCC[C@@H](CC(=O)N1CCCC[C@H]1CC(=O)O)NC(=O)OCC1c2ccccc2-c2ccccc21. The monoisotopic (exact) mass is 478 g/mol. The van der Waals surface area contributed by atoms with Crippen LogP contribution in [0.1, 0.15) is 68.9 Å². The van der Waals surface area contributed by atoms with E-state index in [0.29, 0.717) is 19.4 Å². The number of ether oxygens (including phenoxy) is 1. The van der Waals surface area contributed by atoms with Crippen LogP contribution in [0.2, 0.25) is 0 Å². The number of fused-ring (bicyclic) bond motifs is 3. The van der Waals surface area contributed by atoms with Gasteiger partial charge < -0.3 is 20.1 Å². The summed E-state index contributed by atoms with van der Waals surface area (Å²) in [4.78, 5) is 38.7. The van der Waals surface area contributed by atoms with Gasteiger partial charge in [0.05, 0.1) is 6.42 Å². The minimum Gasteiger partial charge on any atom is -0.481 e. The number of carboxylic acids is 1. The van der Waals surface area contributed by atoms with Gasteiger partial charge in [0, 0.05) is 31.0 Å². The Labute approximate surface area is 206 Å². The number of hydrogen-bond acceptors (Lipinski definition) is 4. The van der Waals surface area contributed by atoms with Gasteiger partial charge in [-0.2, -0.15) is 0 Å². The van der Waals surface area contributed by atoms with Crippen LogP contribution in [-0.4, -0.2) is 53.2 Å². The second-order valence-corrected chi connectivity index (χ2v) is 9.49. The molecule has 1 heterocycles. The molecular formula is C28H34N2O5. The van der Waals surface area contributed by atoms with E-state index < -0.39 is 12.1 Å². The topological polar surface area (TPSA) is 95.9 Å². The van der Waals surface area contributed by atoms with Crippen LogP contribution >= 0.6 is 0 Å². The van der Waals surface area contributed by atoms with Gasteiger partial charge in [0.2, 0.25) is 5.91 Å². The van der Waals surface area contributed by atoms with Gasteiger partial charge in [0.1, 0.15) is 6.61 Å². The molecule has 1 aliphatic carbocycles. The van der Waals surface area contributed by atoms with E-state index in [1.807, 2.05) is 31.2 Å². The molecule has 1 saturated heterocycles. The maximum absolute atomic E-state index is 13.0. The van der Waals surface area contributed by atoms with E-state index in [1.165, 1.54) is 11.1 Å². The number of carbonyl (C=O) groups excluding carboxylic acids is 2. The van der Waals surface area contributed by atoms with Crippen molar-refractivity contribution in [3.05, 3.63) is 59.7 Å². The summed E-state index contributed by atoms with van der Waals surface area (Å²) < 4.78 is 5.66. The van der Waals surface area contributed by atoms with Gasteiger partial charge >= 0.3 is 12.1 Å². The van der Waals surface area contributed by atoms with Crippen LogP contribution in [0.5, 0.6) is 0 Å². The third-order valence-corrected chi connectivity index (χ3v) is 7.08. The third kappa shape index (κ3) is 5.84. The molecule has 7 heteroatoms. The molecule has 7 nitrogen and oxygen atoms in total. The molecule has 1 fully saturated rings. The van der Waals surface area contributed by atoms with Crippen molar-refractivity contribution >= 4 is 18.0 Å². The summed E-state index contributed by atoms with van der Waals surface area (Å²) >= 11 is 0. The number of piperidine rings is 1. The lowest BCUT2D eigenvalue weighted by atomic mass is 9.97. The average molecular weight is 479 g/mol. The fraction of sp³-hybridized carbons (Fsp3) is 0.464. The van der Waals surface area contributed by atoms with E-state index in [-0.39, 0.29) is 43.4 Å². The van der Waals surface area contributed by atoms with Crippen LogP contribution < -0.4 is 5.32 Å². The van der Waals surface area contributed by atoms with Gasteiger partial charge in [-0.3, -0.25) is 9.59 Å². The molecule has 0 saturated carbocycles. The first-order valence-corrected chi connectivity index (χ1v) is 12.6. The van der Waals surface area contributed by atoms with Crippen molar-refractivity contribution in [1.29, 1.82) is 0 Å². The fourth-order valence-corrected chi connectivity index (χ4v) is 5.45. The van der Waals surface area contributed by atoms with E-state index in [9.17, 15) is 19.5 Å². The highest BCUT2D eigenvalue weighted by Gasteiger charge is 2.31. The lowest BCUT2D eigenvalue weighted by Crippen LogP contribution is -2.47. The number of carbonyl (C=O) groups is 3. The Hall–Kier alpha value is -3.35. The minimum atomic E-state index is -0.892. The molecule has 2 atom stereocenters. The zero-order chi connectivity index (χ0) is 24.8. The van der Waals surface area contributed by atoms with Crippen molar-refractivity contribution in [2.45, 2.75) is 69.9 Å². The van der Waals surface area contributed by atoms with Gasteiger partial charge in [-0.1, -0.05) is 61.9 Å². The number of amides is 2. The molecule has 0 unspecified atom stereocenters. The highest BCUT2D eigenvalue weighted by molar-refractivity contribution is 5.80. The first-order valence-electron chi connectivity index (χ1n) is 12.6. The number of carboxylic acid groups (broad SMARTS) is 1. The number of aliphatic carboxylic acids is 1. The molecule has 0 bridgehead atoms. The Balaban J connectivity index is 1.36. The predicted octanol–water partition coefficient (Wildman–Crippen LogP) is 4.94. The number of nitrogens with zero attached hydrogens (tertiary/aromatic N) is 1. The second kappa shape index (κ2) is 11.4. The highest BCUT2D eigenvalue weighted by atomic mass is 16.5. The largest absolute Gasteiger partial charge is 0.481 e. The molecular weight excluding hydrogens is 444 g/mol. The van der Waals surface area contributed by atoms with Crippen molar-refractivity contribution in [1.82, 2.24) is 10.2 Å². The number of nitrogens with one attached hydrogen (secondary N) is 1. The summed E-state index contributed by atoms with van der Waals surface area (Å²) in [5.74, 6) is -1.02. The van der Waals surface area contributed by atoms with Crippen LogP contribution in [0.4, 0.5) is 4.79 Å². The zero-order valence-corrected chi connectivity index (χ0v) is 20.2. The summed E-state index contributed by atoms with van der Waals surface area (Å²) in [6.07, 6.45) is 3.54. The molecule has 2 amide bonds. The summed E-state index contributed by atoms with van der Waals surface area (Å²) in [5, 5.41) is 12.1.